The van der Waals surface area contributed by atoms with Gasteiger partial charge >= 0.3 is 0 Å². The summed E-state index contributed by atoms with van der Waals surface area (Å²) in [4.78, 5) is 2.24. The molecule has 0 saturated carbocycles. The van der Waals surface area contributed by atoms with Crippen molar-refractivity contribution in [2.45, 2.75) is 39.2 Å². The van der Waals surface area contributed by atoms with Crippen LogP contribution in [0.1, 0.15) is 33.1 Å². The summed E-state index contributed by atoms with van der Waals surface area (Å²) in [5.74, 6) is 0. The molecule has 1 unspecified atom stereocenters. The minimum absolute atomic E-state index is 0.606. The second-order valence-corrected chi connectivity index (χ2v) is 4.40. The fraction of sp³-hybridized carbons (Fsp3) is 0.833. The van der Waals surface area contributed by atoms with Crippen LogP contribution in [0.4, 0.5) is 0 Å². The van der Waals surface area contributed by atoms with Gasteiger partial charge in [-0.25, -0.2) is 0 Å². The van der Waals surface area contributed by atoms with Crippen LogP contribution in [0.2, 0.25) is 0 Å². The second kappa shape index (κ2) is 8.01. The first kappa shape index (κ1) is 13.7. The molecule has 0 bridgehead atoms. The Kier molecular flexibility index (Phi) is 7.81. The van der Waals surface area contributed by atoms with Gasteiger partial charge in [-0.1, -0.05) is 12.5 Å². The maximum Gasteiger partial charge on any atom is 0.0116 e. The van der Waals surface area contributed by atoms with Crippen molar-refractivity contribution in [3.63, 3.8) is 0 Å². The summed E-state index contributed by atoms with van der Waals surface area (Å²) in [6.45, 7) is 10.6. The molecular weight excluding hydrogens is 172 g/mol. The average molecular weight is 198 g/mol. The maximum absolute atomic E-state index is 3.98. The normalized spacial score (nSPS) is 13.2. The number of nitrogens with one attached hydrogen (secondary N) is 1. The summed E-state index contributed by atoms with van der Waals surface area (Å²) in [6.07, 6.45) is 3.52. The van der Waals surface area contributed by atoms with Crippen LogP contribution in [-0.2, 0) is 0 Å². The Bertz CT molecular complexity index is 152. The Morgan fingerprint density at radius 1 is 1.43 bits per heavy atom. The zero-order valence-electron chi connectivity index (χ0n) is 10.3. The molecule has 0 aliphatic carbocycles. The molecule has 0 fully saturated rings. The summed E-state index contributed by atoms with van der Waals surface area (Å²) in [5, 5.41) is 3.57. The van der Waals surface area contributed by atoms with E-state index in [-0.39, 0.29) is 0 Å². The number of hydrogen-bond donors (Lipinski definition) is 1. The Balaban J connectivity index is 3.78. The van der Waals surface area contributed by atoms with E-state index in [1.165, 1.54) is 18.4 Å². The zero-order chi connectivity index (χ0) is 11.0. The van der Waals surface area contributed by atoms with Crippen LogP contribution in [-0.4, -0.2) is 38.1 Å². The van der Waals surface area contributed by atoms with Crippen LogP contribution < -0.4 is 5.32 Å². The van der Waals surface area contributed by atoms with Crippen molar-refractivity contribution in [2.24, 2.45) is 0 Å². The smallest absolute Gasteiger partial charge is 0.0116 e. The highest BCUT2D eigenvalue weighted by Crippen LogP contribution is 2.06. The third kappa shape index (κ3) is 8.27. The third-order valence-corrected chi connectivity index (χ3v) is 2.20. The molecule has 0 saturated heterocycles. The van der Waals surface area contributed by atoms with E-state index in [0.29, 0.717) is 6.04 Å². The van der Waals surface area contributed by atoms with Gasteiger partial charge in [-0.3, -0.25) is 0 Å². The highest BCUT2D eigenvalue weighted by atomic mass is 15.1. The topological polar surface area (TPSA) is 15.3 Å². The van der Waals surface area contributed by atoms with E-state index in [2.05, 4.69) is 44.7 Å². The first-order valence-electron chi connectivity index (χ1n) is 5.58. The molecular formula is C12H26N2. The molecule has 0 aromatic carbocycles. The molecule has 14 heavy (non-hydrogen) atoms. The van der Waals surface area contributed by atoms with Gasteiger partial charge in [0.05, 0.1) is 0 Å². The minimum atomic E-state index is 0.606. The lowest BCUT2D eigenvalue weighted by atomic mass is 10.1. The summed E-state index contributed by atoms with van der Waals surface area (Å²) in [7, 11) is 4.25. The minimum Gasteiger partial charge on any atom is -0.314 e. The molecule has 1 atom stereocenters. The molecule has 0 aliphatic rings. The largest absolute Gasteiger partial charge is 0.314 e. The van der Waals surface area contributed by atoms with E-state index in [0.717, 1.165) is 19.5 Å². The van der Waals surface area contributed by atoms with Gasteiger partial charge in [0.2, 0.25) is 0 Å². The van der Waals surface area contributed by atoms with Gasteiger partial charge < -0.3 is 10.2 Å². The third-order valence-electron chi connectivity index (χ3n) is 2.20. The van der Waals surface area contributed by atoms with Crippen LogP contribution in [0.15, 0.2) is 12.2 Å². The van der Waals surface area contributed by atoms with Gasteiger partial charge in [0.15, 0.2) is 0 Å². The first-order valence-corrected chi connectivity index (χ1v) is 5.58. The monoisotopic (exact) mass is 198 g/mol. The summed E-state index contributed by atoms with van der Waals surface area (Å²) >= 11 is 0. The molecule has 2 heteroatoms. The highest BCUT2D eigenvalue weighted by Gasteiger charge is 2.07. The number of rotatable bonds is 8. The SMILES string of the molecule is C=C(C)CC(CCN(C)C)NCCC. The average Bonchev–Trinajstić information content (AvgIpc) is 2.09. The standard InChI is InChI=1S/C12H26N2/c1-6-8-13-12(10-11(2)3)7-9-14(4)5/h12-13H,2,6-10H2,1,3-5H3. The molecule has 0 spiro atoms. The van der Waals surface area contributed by atoms with E-state index in [4.69, 9.17) is 0 Å². The van der Waals surface area contributed by atoms with Crippen LogP contribution in [0.3, 0.4) is 0 Å². The molecule has 0 rings (SSSR count). The van der Waals surface area contributed by atoms with E-state index < -0.39 is 0 Å². The van der Waals surface area contributed by atoms with Gasteiger partial charge in [-0.2, -0.15) is 0 Å². The van der Waals surface area contributed by atoms with Crippen LogP contribution in [0, 0.1) is 0 Å². The Morgan fingerprint density at radius 2 is 2.07 bits per heavy atom. The van der Waals surface area contributed by atoms with Crippen molar-refractivity contribution in [3.05, 3.63) is 12.2 Å². The first-order chi connectivity index (χ1) is 6.56. The second-order valence-electron chi connectivity index (χ2n) is 4.40. The van der Waals surface area contributed by atoms with Crippen molar-refractivity contribution >= 4 is 0 Å². The molecule has 0 radical (unpaired) electrons. The van der Waals surface area contributed by atoms with Crippen molar-refractivity contribution in [3.8, 4) is 0 Å². The van der Waals surface area contributed by atoms with Crippen molar-refractivity contribution in [1.29, 1.82) is 0 Å². The summed E-state index contributed by atoms with van der Waals surface area (Å²) in [6, 6.07) is 0.606. The van der Waals surface area contributed by atoms with Gasteiger partial charge in [0.25, 0.3) is 0 Å². The van der Waals surface area contributed by atoms with E-state index >= 15 is 0 Å². The molecule has 1 N–H and O–H groups in total. The van der Waals surface area contributed by atoms with Crippen molar-refractivity contribution in [2.75, 3.05) is 27.2 Å². The maximum atomic E-state index is 3.98. The Hall–Kier alpha value is -0.340. The Labute approximate surface area is 89.4 Å². The number of nitrogens with zero attached hydrogens (tertiary/aromatic N) is 1. The molecule has 84 valence electrons. The van der Waals surface area contributed by atoms with Gasteiger partial charge in [0.1, 0.15) is 0 Å². The fourth-order valence-electron chi connectivity index (χ4n) is 1.46. The molecule has 0 aromatic rings. The van der Waals surface area contributed by atoms with Crippen LogP contribution in [0.5, 0.6) is 0 Å². The molecule has 2 nitrogen and oxygen atoms in total. The van der Waals surface area contributed by atoms with Gasteiger partial charge in [-0.15, -0.1) is 6.58 Å². The van der Waals surface area contributed by atoms with Gasteiger partial charge in [0, 0.05) is 6.04 Å². The molecule has 0 aliphatic heterocycles. The van der Waals surface area contributed by atoms with Crippen molar-refractivity contribution < 1.29 is 0 Å². The lowest BCUT2D eigenvalue weighted by Crippen LogP contribution is -2.33. The van der Waals surface area contributed by atoms with E-state index in [1.54, 1.807) is 0 Å². The van der Waals surface area contributed by atoms with Crippen LogP contribution >= 0.6 is 0 Å². The summed E-state index contributed by atoms with van der Waals surface area (Å²) in [5.41, 5.74) is 1.28. The highest BCUT2D eigenvalue weighted by molar-refractivity contribution is 4.92. The molecule has 0 amide bonds. The van der Waals surface area contributed by atoms with Crippen LogP contribution in [0.25, 0.3) is 0 Å². The predicted molar refractivity (Wildman–Crippen MR) is 64.7 cm³/mol. The molecule has 0 heterocycles. The zero-order valence-corrected chi connectivity index (χ0v) is 10.3. The Morgan fingerprint density at radius 3 is 2.50 bits per heavy atom. The fourth-order valence-corrected chi connectivity index (χ4v) is 1.46. The van der Waals surface area contributed by atoms with E-state index in [1.807, 2.05) is 0 Å². The van der Waals surface area contributed by atoms with E-state index in [9.17, 15) is 0 Å². The predicted octanol–water partition coefficient (Wildman–Crippen LogP) is 2.27. The lowest BCUT2D eigenvalue weighted by Gasteiger charge is -2.20. The lowest BCUT2D eigenvalue weighted by molar-refractivity contribution is 0.356. The van der Waals surface area contributed by atoms with Crippen molar-refractivity contribution in [1.82, 2.24) is 10.2 Å². The van der Waals surface area contributed by atoms with Gasteiger partial charge in [-0.05, 0) is 53.4 Å². The number of hydrogen-bond acceptors (Lipinski definition) is 2. The molecule has 0 aromatic heterocycles. The quantitative estimate of drug-likeness (QED) is 0.602. The summed E-state index contributed by atoms with van der Waals surface area (Å²) < 4.78 is 0.